The number of rotatable bonds is 7. The Morgan fingerprint density at radius 3 is 2.20 bits per heavy atom. The second-order valence-electron chi connectivity index (χ2n) is 9.26. The van der Waals surface area contributed by atoms with E-state index in [-0.39, 0.29) is 13.2 Å². The molecule has 2 amide bonds. The molecule has 2 fully saturated rings. The largest absolute Gasteiger partial charge is 0.459 e. The van der Waals surface area contributed by atoms with Crippen molar-refractivity contribution in [1.82, 2.24) is 10.2 Å². The number of benzene rings is 2. The fourth-order valence-electron chi connectivity index (χ4n) is 4.62. The number of alkyl carbamates (subject to hydrolysis) is 1. The molecular formula is C25H28N2O7S. The average molecular weight is 501 g/mol. The predicted octanol–water partition coefficient (Wildman–Crippen LogP) is 2.40. The number of β-lactam (4-membered cyclic amide) rings is 1. The van der Waals surface area contributed by atoms with E-state index in [4.69, 9.17) is 9.47 Å². The third kappa shape index (κ3) is 4.38. The Kier molecular flexibility index (Phi) is 6.59. The predicted molar refractivity (Wildman–Crippen MR) is 126 cm³/mol. The fraction of sp³-hybridized carbons (Fsp3) is 0.400. The van der Waals surface area contributed by atoms with Gasteiger partial charge in [0.2, 0.25) is 5.91 Å². The molecule has 0 unspecified atom stereocenters. The number of hydrogen-bond acceptors (Lipinski definition) is 7. The molecule has 9 nitrogen and oxygen atoms in total. The standard InChI is InChI=1S/C25H28N2O7S/c1-16(34-24(30)26-14-17-10-6-4-7-11-17)19-21(28)27-20(25(2,3)35(31,32)22(19)27)23(29)33-15-18-12-8-5-9-13-18/h4-13,16,19-20,22H,14-15H2,1-3H3,(H,26,30)/t16-,19+,20+,22-/m1/s1. The molecule has 0 saturated carbocycles. The molecule has 4 rings (SSSR count). The van der Waals surface area contributed by atoms with Gasteiger partial charge in [-0.1, -0.05) is 60.7 Å². The molecule has 2 aromatic rings. The quantitative estimate of drug-likeness (QED) is 0.458. The molecule has 2 heterocycles. The molecule has 0 aliphatic carbocycles. The van der Waals surface area contributed by atoms with Crippen molar-refractivity contribution in [3.05, 3.63) is 71.8 Å². The first-order chi connectivity index (χ1) is 16.6. The van der Waals surface area contributed by atoms with Crippen LogP contribution in [0.1, 0.15) is 31.9 Å². The number of fused-ring (bicyclic) bond motifs is 1. The zero-order chi connectivity index (χ0) is 25.4. The number of carbonyl (C=O) groups is 3. The van der Waals surface area contributed by atoms with E-state index in [1.54, 1.807) is 24.3 Å². The highest BCUT2D eigenvalue weighted by molar-refractivity contribution is 7.93. The molecule has 2 saturated heterocycles. The summed E-state index contributed by atoms with van der Waals surface area (Å²) in [7, 11) is -3.97. The van der Waals surface area contributed by atoms with Crippen LogP contribution in [0.25, 0.3) is 0 Å². The molecular weight excluding hydrogens is 472 g/mol. The van der Waals surface area contributed by atoms with E-state index in [9.17, 15) is 22.8 Å². The molecule has 0 aromatic heterocycles. The molecule has 186 valence electrons. The summed E-state index contributed by atoms with van der Waals surface area (Å²) in [5, 5.41) is 1.33. The summed E-state index contributed by atoms with van der Waals surface area (Å²) in [6.07, 6.45) is -1.77. The number of sulfone groups is 1. The van der Waals surface area contributed by atoms with Gasteiger partial charge in [0.15, 0.2) is 15.2 Å². The van der Waals surface area contributed by atoms with E-state index in [2.05, 4.69) is 5.32 Å². The zero-order valence-electron chi connectivity index (χ0n) is 19.7. The molecule has 4 atom stereocenters. The summed E-state index contributed by atoms with van der Waals surface area (Å²) in [4.78, 5) is 39.3. The first kappa shape index (κ1) is 24.7. The fourth-order valence-corrected chi connectivity index (χ4v) is 7.01. The first-order valence-electron chi connectivity index (χ1n) is 11.3. The number of amides is 2. The lowest BCUT2D eigenvalue weighted by atomic mass is 9.88. The van der Waals surface area contributed by atoms with Gasteiger partial charge in [-0.05, 0) is 31.9 Å². The van der Waals surface area contributed by atoms with Crippen LogP contribution >= 0.6 is 0 Å². The maximum absolute atomic E-state index is 13.4. The third-order valence-electron chi connectivity index (χ3n) is 6.63. The van der Waals surface area contributed by atoms with E-state index in [0.717, 1.165) is 16.0 Å². The van der Waals surface area contributed by atoms with Crippen LogP contribution in [0.15, 0.2) is 60.7 Å². The van der Waals surface area contributed by atoms with Crippen molar-refractivity contribution < 1.29 is 32.3 Å². The van der Waals surface area contributed by atoms with Gasteiger partial charge in [0.1, 0.15) is 24.7 Å². The number of esters is 1. The zero-order valence-corrected chi connectivity index (χ0v) is 20.5. The maximum Gasteiger partial charge on any atom is 0.407 e. The molecule has 2 aliphatic rings. The summed E-state index contributed by atoms with van der Waals surface area (Å²) in [5.74, 6) is -2.45. The lowest BCUT2D eigenvalue weighted by molar-refractivity contribution is -0.171. The Bertz CT molecular complexity index is 1210. The Balaban J connectivity index is 1.44. The molecule has 2 aromatic carbocycles. The summed E-state index contributed by atoms with van der Waals surface area (Å²) in [6.45, 7) is 4.49. The molecule has 0 spiro atoms. The third-order valence-corrected chi connectivity index (χ3v) is 9.48. The van der Waals surface area contributed by atoms with Crippen molar-refractivity contribution in [3.8, 4) is 0 Å². The summed E-state index contributed by atoms with van der Waals surface area (Å²) < 4.78 is 35.9. The topological polar surface area (TPSA) is 119 Å². The maximum atomic E-state index is 13.4. The van der Waals surface area contributed by atoms with Crippen LogP contribution in [0.3, 0.4) is 0 Å². The van der Waals surface area contributed by atoms with Gasteiger partial charge in [0.25, 0.3) is 0 Å². The number of nitrogens with one attached hydrogen (secondary N) is 1. The van der Waals surface area contributed by atoms with Gasteiger partial charge in [-0.3, -0.25) is 4.79 Å². The molecule has 10 heteroatoms. The van der Waals surface area contributed by atoms with Crippen molar-refractivity contribution in [2.45, 2.75) is 56.2 Å². The van der Waals surface area contributed by atoms with E-state index < -0.39 is 56.0 Å². The van der Waals surface area contributed by atoms with Gasteiger partial charge >= 0.3 is 12.1 Å². The summed E-state index contributed by atoms with van der Waals surface area (Å²) >= 11 is 0. The van der Waals surface area contributed by atoms with Gasteiger partial charge in [-0.15, -0.1) is 0 Å². The highest BCUT2D eigenvalue weighted by Gasteiger charge is 2.73. The van der Waals surface area contributed by atoms with Crippen molar-refractivity contribution in [3.63, 3.8) is 0 Å². The minimum absolute atomic E-state index is 0.0382. The highest BCUT2D eigenvalue weighted by Crippen LogP contribution is 2.50. The van der Waals surface area contributed by atoms with E-state index in [0.29, 0.717) is 0 Å². The van der Waals surface area contributed by atoms with Gasteiger partial charge < -0.3 is 19.7 Å². The van der Waals surface area contributed by atoms with Gasteiger partial charge in [-0.25, -0.2) is 18.0 Å². The average Bonchev–Trinajstić information content (AvgIpc) is 2.97. The van der Waals surface area contributed by atoms with Crippen molar-refractivity contribution in [2.24, 2.45) is 5.92 Å². The van der Waals surface area contributed by atoms with E-state index >= 15 is 0 Å². The van der Waals surface area contributed by atoms with Gasteiger partial charge in [-0.2, -0.15) is 0 Å². The van der Waals surface area contributed by atoms with Crippen LogP contribution in [-0.4, -0.2) is 53.6 Å². The Labute approximate surface area is 204 Å². The second-order valence-corrected chi connectivity index (χ2v) is 11.9. The van der Waals surface area contributed by atoms with Gasteiger partial charge in [0, 0.05) is 6.54 Å². The number of hydrogen-bond donors (Lipinski definition) is 1. The van der Waals surface area contributed by atoms with Crippen molar-refractivity contribution in [2.75, 3.05) is 0 Å². The first-order valence-corrected chi connectivity index (χ1v) is 12.8. The molecule has 0 radical (unpaired) electrons. The Morgan fingerprint density at radius 1 is 1.03 bits per heavy atom. The van der Waals surface area contributed by atoms with Crippen LogP contribution in [0.2, 0.25) is 0 Å². The number of nitrogens with zero attached hydrogens (tertiary/aromatic N) is 1. The summed E-state index contributed by atoms with van der Waals surface area (Å²) in [5.41, 5.74) is 1.60. The van der Waals surface area contributed by atoms with Crippen LogP contribution in [0.4, 0.5) is 4.79 Å². The normalized spacial score (nSPS) is 24.6. The van der Waals surface area contributed by atoms with Gasteiger partial charge in [0.05, 0.1) is 4.75 Å². The minimum atomic E-state index is -3.97. The highest BCUT2D eigenvalue weighted by atomic mass is 32.2. The van der Waals surface area contributed by atoms with Crippen LogP contribution in [0, 0.1) is 5.92 Å². The van der Waals surface area contributed by atoms with Crippen LogP contribution < -0.4 is 5.32 Å². The smallest absolute Gasteiger partial charge is 0.407 e. The van der Waals surface area contributed by atoms with Crippen molar-refractivity contribution in [1.29, 1.82) is 0 Å². The minimum Gasteiger partial charge on any atom is -0.459 e. The SMILES string of the molecule is C[C@@H](OC(=O)NCc1ccccc1)[C@H]1C(=O)N2[C@@H](C(=O)OCc3ccccc3)C(C)(C)S(=O)(=O)[C@H]12. The molecule has 0 bridgehead atoms. The second kappa shape index (κ2) is 9.33. The molecule has 35 heavy (non-hydrogen) atoms. The Hall–Kier alpha value is -3.40. The monoisotopic (exact) mass is 500 g/mol. The van der Waals surface area contributed by atoms with Crippen molar-refractivity contribution >= 4 is 27.8 Å². The van der Waals surface area contributed by atoms with Crippen LogP contribution in [0.5, 0.6) is 0 Å². The molecule has 1 N–H and O–H groups in total. The number of ether oxygens (including phenoxy) is 2. The molecule has 2 aliphatic heterocycles. The summed E-state index contributed by atoms with van der Waals surface area (Å²) in [6, 6.07) is 16.9. The van der Waals surface area contributed by atoms with Crippen LogP contribution in [-0.2, 0) is 42.1 Å². The van der Waals surface area contributed by atoms with E-state index in [1.807, 2.05) is 36.4 Å². The lowest BCUT2D eigenvalue weighted by Gasteiger charge is -2.44. The van der Waals surface area contributed by atoms with E-state index in [1.165, 1.54) is 20.8 Å². The number of carbonyl (C=O) groups excluding carboxylic acids is 3. The lowest BCUT2D eigenvalue weighted by Crippen LogP contribution is -2.66. The Morgan fingerprint density at radius 2 is 1.60 bits per heavy atom.